The Labute approximate surface area is 181 Å². The van der Waals surface area contributed by atoms with Gasteiger partial charge in [-0.15, -0.1) is 45.5 Å². The van der Waals surface area contributed by atoms with Crippen LogP contribution >= 0.6 is 35.3 Å². The second kappa shape index (κ2) is 10.4. The zero-order chi connectivity index (χ0) is 18.4. The summed E-state index contributed by atoms with van der Waals surface area (Å²) < 4.78 is 1.98. The summed E-state index contributed by atoms with van der Waals surface area (Å²) in [5.74, 6) is 2.54. The summed E-state index contributed by atoms with van der Waals surface area (Å²) in [5, 5.41) is 17.1. The molecule has 2 heterocycles. The van der Waals surface area contributed by atoms with Crippen molar-refractivity contribution in [1.82, 2.24) is 25.4 Å². The Morgan fingerprint density at radius 3 is 2.52 bits per heavy atom. The molecule has 0 aliphatic heterocycles. The maximum Gasteiger partial charge on any atom is 0.192 e. The Bertz CT molecular complexity index is 872. The summed E-state index contributed by atoms with van der Waals surface area (Å²) >= 11 is 1.73. The van der Waals surface area contributed by atoms with Gasteiger partial charge in [-0.3, -0.25) is 0 Å². The average molecular weight is 496 g/mol. The highest BCUT2D eigenvalue weighted by Crippen LogP contribution is 2.09. The number of hydrogen-bond donors (Lipinski definition) is 2. The third-order valence-corrected chi connectivity index (χ3v) is 5.15. The minimum absolute atomic E-state index is 0. The number of rotatable bonds is 6. The lowest BCUT2D eigenvalue weighted by Crippen LogP contribution is -2.37. The Kier molecular flexibility index (Phi) is 8.23. The van der Waals surface area contributed by atoms with Crippen molar-refractivity contribution >= 4 is 41.3 Å². The van der Waals surface area contributed by atoms with Gasteiger partial charge in [0.05, 0.1) is 19.6 Å². The normalized spacial score (nSPS) is 11.1. The van der Waals surface area contributed by atoms with Gasteiger partial charge in [0.1, 0.15) is 5.82 Å². The second-order valence-corrected chi connectivity index (χ2v) is 7.13. The molecule has 0 unspecified atom stereocenters. The van der Waals surface area contributed by atoms with Crippen molar-refractivity contribution in [3.63, 3.8) is 0 Å². The first-order valence-corrected chi connectivity index (χ1v) is 9.45. The maximum atomic E-state index is 4.75. The van der Waals surface area contributed by atoms with Crippen LogP contribution in [0.1, 0.15) is 27.7 Å². The molecule has 0 spiro atoms. The van der Waals surface area contributed by atoms with Gasteiger partial charge in [-0.05, 0) is 36.4 Å². The van der Waals surface area contributed by atoms with Gasteiger partial charge in [0.15, 0.2) is 11.8 Å². The van der Waals surface area contributed by atoms with Gasteiger partial charge in [0.25, 0.3) is 0 Å². The van der Waals surface area contributed by atoms with Crippen LogP contribution in [0, 0.1) is 13.8 Å². The fraction of sp³-hybridized carbons (Fsp3) is 0.316. The van der Waals surface area contributed by atoms with Crippen molar-refractivity contribution in [1.29, 1.82) is 0 Å². The zero-order valence-corrected chi connectivity index (χ0v) is 18.9. The topological polar surface area (TPSA) is 67.1 Å². The zero-order valence-electron chi connectivity index (χ0n) is 15.8. The molecular weight excluding hydrogens is 471 g/mol. The van der Waals surface area contributed by atoms with Crippen molar-refractivity contribution in [3.8, 4) is 0 Å². The molecule has 3 aromatic rings. The van der Waals surface area contributed by atoms with Crippen LogP contribution in [0.15, 0.2) is 46.8 Å². The summed E-state index contributed by atoms with van der Waals surface area (Å²) in [6.07, 6.45) is 0. The molecule has 2 aromatic heterocycles. The van der Waals surface area contributed by atoms with E-state index < -0.39 is 0 Å². The number of aryl methyl sites for hydroxylation is 2. The van der Waals surface area contributed by atoms with E-state index in [4.69, 9.17) is 4.99 Å². The largest absolute Gasteiger partial charge is 0.351 e. The van der Waals surface area contributed by atoms with Gasteiger partial charge >= 0.3 is 0 Å². The lowest BCUT2D eigenvalue weighted by Gasteiger charge is -2.12. The maximum absolute atomic E-state index is 4.75. The van der Waals surface area contributed by atoms with Crippen molar-refractivity contribution in [3.05, 3.63) is 69.4 Å². The summed E-state index contributed by atoms with van der Waals surface area (Å²) in [5.41, 5.74) is 2.47. The van der Waals surface area contributed by atoms with Gasteiger partial charge in [-0.1, -0.05) is 30.3 Å². The van der Waals surface area contributed by atoms with Crippen LogP contribution in [0.25, 0.3) is 0 Å². The molecule has 0 radical (unpaired) electrons. The molecule has 0 aliphatic rings. The predicted molar refractivity (Wildman–Crippen MR) is 121 cm³/mol. The lowest BCUT2D eigenvalue weighted by molar-refractivity contribution is 0.715. The van der Waals surface area contributed by atoms with Crippen molar-refractivity contribution < 1.29 is 0 Å². The smallest absolute Gasteiger partial charge is 0.192 e. The fourth-order valence-electron chi connectivity index (χ4n) is 2.48. The molecule has 8 heteroatoms. The number of aliphatic imine (C=N–C) groups is 1. The van der Waals surface area contributed by atoms with Crippen LogP contribution < -0.4 is 10.6 Å². The Morgan fingerprint density at radius 2 is 1.85 bits per heavy atom. The van der Waals surface area contributed by atoms with Crippen LogP contribution in [0.4, 0.5) is 0 Å². The minimum Gasteiger partial charge on any atom is -0.351 e. The molecule has 144 valence electrons. The van der Waals surface area contributed by atoms with Gasteiger partial charge < -0.3 is 15.2 Å². The van der Waals surface area contributed by atoms with Crippen LogP contribution in [0.3, 0.4) is 0 Å². The SMILES string of the molecule is Cc1ccccc1CN=C(NCc1cccs1)NCc1nnc(C)n1C.I. The quantitative estimate of drug-likeness (QED) is 0.311. The van der Waals surface area contributed by atoms with Crippen molar-refractivity contribution in [2.45, 2.75) is 33.5 Å². The van der Waals surface area contributed by atoms with E-state index >= 15 is 0 Å². The fourth-order valence-corrected chi connectivity index (χ4v) is 3.12. The molecule has 0 saturated heterocycles. The Morgan fingerprint density at radius 1 is 1.07 bits per heavy atom. The van der Waals surface area contributed by atoms with Crippen LogP contribution in [0.5, 0.6) is 0 Å². The first kappa shape index (κ1) is 21.4. The van der Waals surface area contributed by atoms with Gasteiger partial charge in [0.2, 0.25) is 0 Å². The molecule has 3 rings (SSSR count). The third-order valence-electron chi connectivity index (χ3n) is 4.28. The number of thiophene rings is 1. The van der Waals surface area contributed by atoms with Crippen LogP contribution in [-0.2, 0) is 26.7 Å². The highest BCUT2D eigenvalue weighted by molar-refractivity contribution is 14.0. The predicted octanol–water partition coefficient (Wildman–Crippen LogP) is 3.55. The summed E-state index contributed by atoms with van der Waals surface area (Å²) in [6.45, 7) is 6.00. The van der Waals surface area contributed by atoms with E-state index in [0.717, 1.165) is 24.2 Å². The van der Waals surface area contributed by atoms with E-state index in [1.54, 1.807) is 11.3 Å². The van der Waals surface area contributed by atoms with Crippen LogP contribution in [-0.4, -0.2) is 20.7 Å². The molecule has 0 fully saturated rings. The van der Waals surface area contributed by atoms with Crippen molar-refractivity contribution in [2.24, 2.45) is 12.0 Å². The van der Waals surface area contributed by atoms with E-state index in [9.17, 15) is 0 Å². The van der Waals surface area contributed by atoms with E-state index in [0.29, 0.717) is 13.1 Å². The van der Waals surface area contributed by atoms with Crippen molar-refractivity contribution in [2.75, 3.05) is 0 Å². The van der Waals surface area contributed by atoms with E-state index in [2.05, 4.69) is 57.4 Å². The van der Waals surface area contributed by atoms with Crippen LogP contribution in [0.2, 0.25) is 0 Å². The van der Waals surface area contributed by atoms with E-state index in [1.807, 2.05) is 30.7 Å². The van der Waals surface area contributed by atoms with E-state index in [-0.39, 0.29) is 24.0 Å². The number of guanidine groups is 1. The summed E-state index contributed by atoms with van der Waals surface area (Å²) in [7, 11) is 1.97. The molecule has 27 heavy (non-hydrogen) atoms. The molecule has 0 saturated carbocycles. The molecule has 1 aromatic carbocycles. The Balaban J connectivity index is 0.00000261. The molecule has 2 N–H and O–H groups in total. The molecule has 0 amide bonds. The molecule has 6 nitrogen and oxygen atoms in total. The minimum atomic E-state index is 0. The molecule has 0 atom stereocenters. The standard InChI is InChI=1S/C19H24N6S.HI/c1-14-7-4-5-8-16(14)11-20-19(21-12-17-9-6-10-26-17)22-13-18-24-23-15(2)25(18)3;/h4-10H,11-13H2,1-3H3,(H2,20,21,22);1H. The first-order valence-electron chi connectivity index (χ1n) is 8.57. The monoisotopic (exact) mass is 496 g/mol. The van der Waals surface area contributed by atoms with Gasteiger partial charge in [0, 0.05) is 11.9 Å². The molecule has 0 aliphatic carbocycles. The number of hydrogen-bond acceptors (Lipinski definition) is 4. The number of benzene rings is 1. The number of halogens is 1. The molecular formula is C19H25IN6S. The third kappa shape index (κ3) is 6.03. The number of nitrogens with zero attached hydrogens (tertiary/aromatic N) is 4. The first-order chi connectivity index (χ1) is 12.6. The van der Waals surface area contributed by atoms with E-state index in [1.165, 1.54) is 16.0 Å². The van der Waals surface area contributed by atoms with Gasteiger partial charge in [-0.2, -0.15) is 0 Å². The summed E-state index contributed by atoms with van der Waals surface area (Å²) in [6, 6.07) is 12.5. The second-order valence-electron chi connectivity index (χ2n) is 6.10. The Hall–Kier alpha value is -1.94. The van der Waals surface area contributed by atoms with Gasteiger partial charge in [-0.25, -0.2) is 4.99 Å². The summed E-state index contributed by atoms with van der Waals surface area (Å²) in [4.78, 5) is 6.02. The number of aromatic nitrogens is 3. The molecule has 0 bridgehead atoms. The average Bonchev–Trinajstić information content (AvgIpc) is 3.27. The lowest BCUT2D eigenvalue weighted by atomic mass is 10.1. The highest BCUT2D eigenvalue weighted by Gasteiger charge is 2.07. The highest BCUT2D eigenvalue weighted by atomic mass is 127. The number of nitrogens with one attached hydrogen (secondary N) is 2.